The molecule has 2 aliphatic heterocycles. The van der Waals surface area contributed by atoms with Crippen LogP contribution in [-0.2, 0) is 26.0 Å². The third-order valence-electron chi connectivity index (χ3n) is 5.53. The van der Waals surface area contributed by atoms with Crippen molar-refractivity contribution in [2.24, 2.45) is 5.92 Å². The number of pyridine rings is 1. The molecule has 2 atom stereocenters. The summed E-state index contributed by atoms with van der Waals surface area (Å²) in [5.74, 6) is 0.851. The first-order valence-electron chi connectivity index (χ1n) is 9.55. The standard InChI is InChI=1S/C19H23N5O4S/c1-13-20-5-6-23(13)17-8-14(2-4-21-17)10-22-19(26)15-9-18(25)24(11-15)16-3-7-29(27,28)12-16/h2,4-6,8,15-16H,3,7,9-12H2,1H3,(H,22,26)/t15-,16+/m0/s1. The summed E-state index contributed by atoms with van der Waals surface area (Å²) in [5.41, 5.74) is 0.888. The number of hydrogen-bond acceptors (Lipinski definition) is 6. The highest BCUT2D eigenvalue weighted by Gasteiger charge is 2.41. The summed E-state index contributed by atoms with van der Waals surface area (Å²) in [6, 6.07) is 3.40. The van der Waals surface area contributed by atoms with Crippen LogP contribution in [0.3, 0.4) is 0 Å². The highest BCUT2D eigenvalue weighted by atomic mass is 32.2. The zero-order valence-electron chi connectivity index (χ0n) is 16.1. The van der Waals surface area contributed by atoms with Crippen LogP contribution in [0.25, 0.3) is 5.82 Å². The van der Waals surface area contributed by atoms with E-state index in [9.17, 15) is 18.0 Å². The molecule has 10 heteroatoms. The molecule has 4 rings (SSSR count). The minimum atomic E-state index is -3.07. The molecule has 2 aromatic rings. The quantitative estimate of drug-likeness (QED) is 0.745. The first kappa shape index (κ1) is 19.6. The molecule has 2 saturated heterocycles. The number of amides is 2. The number of aromatic nitrogens is 3. The number of sulfone groups is 1. The summed E-state index contributed by atoms with van der Waals surface area (Å²) >= 11 is 0. The Morgan fingerprint density at radius 2 is 2.14 bits per heavy atom. The van der Waals surface area contributed by atoms with E-state index in [0.717, 1.165) is 17.2 Å². The van der Waals surface area contributed by atoms with Gasteiger partial charge in [0.15, 0.2) is 9.84 Å². The Balaban J connectivity index is 1.36. The number of aryl methyl sites for hydroxylation is 1. The van der Waals surface area contributed by atoms with Gasteiger partial charge in [-0.1, -0.05) is 0 Å². The van der Waals surface area contributed by atoms with Gasteiger partial charge in [-0.2, -0.15) is 0 Å². The first-order chi connectivity index (χ1) is 13.8. The zero-order valence-corrected chi connectivity index (χ0v) is 16.9. The number of likely N-dealkylation sites (tertiary alicyclic amines) is 1. The van der Waals surface area contributed by atoms with E-state index in [4.69, 9.17) is 0 Å². The number of carbonyl (C=O) groups excluding carboxylic acids is 2. The van der Waals surface area contributed by atoms with Crippen LogP contribution in [0.5, 0.6) is 0 Å². The minimum Gasteiger partial charge on any atom is -0.352 e. The molecule has 0 bridgehead atoms. The minimum absolute atomic E-state index is 0.000534. The number of carbonyl (C=O) groups is 2. The summed E-state index contributed by atoms with van der Waals surface area (Å²) in [6.45, 7) is 2.49. The number of nitrogens with one attached hydrogen (secondary N) is 1. The fraction of sp³-hybridized carbons (Fsp3) is 0.474. The normalized spacial score (nSPS) is 23.5. The van der Waals surface area contributed by atoms with Crippen LogP contribution < -0.4 is 5.32 Å². The summed E-state index contributed by atoms with van der Waals surface area (Å²) < 4.78 is 25.2. The van der Waals surface area contributed by atoms with Crippen LogP contribution in [0.15, 0.2) is 30.7 Å². The summed E-state index contributed by atoms with van der Waals surface area (Å²) in [5, 5.41) is 2.89. The lowest BCUT2D eigenvalue weighted by Gasteiger charge is -2.22. The Hall–Kier alpha value is -2.75. The van der Waals surface area contributed by atoms with Gasteiger partial charge in [0.1, 0.15) is 11.6 Å². The highest BCUT2D eigenvalue weighted by molar-refractivity contribution is 7.91. The van der Waals surface area contributed by atoms with Crippen LogP contribution in [0.4, 0.5) is 0 Å². The average molecular weight is 417 g/mol. The Kier molecular flexibility index (Phi) is 5.12. The third kappa shape index (κ3) is 4.16. The van der Waals surface area contributed by atoms with Crippen molar-refractivity contribution in [1.29, 1.82) is 0 Å². The van der Waals surface area contributed by atoms with Crippen molar-refractivity contribution in [2.75, 3.05) is 18.1 Å². The first-order valence-corrected chi connectivity index (χ1v) is 11.4. The predicted molar refractivity (Wildman–Crippen MR) is 105 cm³/mol. The van der Waals surface area contributed by atoms with Crippen molar-refractivity contribution in [2.45, 2.75) is 32.4 Å². The number of rotatable bonds is 5. The third-order valence-corrected chi connectivity index (χ3v) is 7.28. The fourth-order valence-electron chi connectivity index (χ4n) is 3.94. The Bertz CT molecular complexity index is 1050. The van der Waals surface area contributed by atoms with Crippen LogP contribution >= 0.6 is 0 Å². The maximum Gasteiger partial charge on any atom is 0.225 e. The Morgan fingerprint density at radius 1 is 1.31 bits per heavy atom. The number of hydrogen-bond donors (Lipinski definition) is 1. The second kappa shape index (κ2) is 7.58. The summed E-state index contributed by atoms with van der Waals surface area (Å²) in [7, 11) is -3.07. The van der Waals surface area contributed by atoms with Crippen molar-refractivity contribution < 1.29 is 18.0 Å². The van der Waals surface area contributed by atoms with Crippen LogP contribution in [0.1, 0.15) is 24.2 Å². The number of imidazole rings is 1. The van der Waals surface area contributed by atoms with Crippen molar-refractivity contribution in [1.82, 2.24) is 24.8 Å². The van der Waals surface area contributed by atoms with E-state index >= 15 is 0 Å². The van der Waals surface area contributed by atoms with E-state index in [1.54, 1.807) is 17.3 Å². The molecule has 9 nitrogen and oxygen atoms in total. The van der Waals surface area contributed by atoms with Gasteiger partial charge in [0.2, 0.25) is 11.8 Å². The smallest absolute Gasteiger partial charge is 0.225 e. The molecule has 4 heterocycles. The summed E-state index contributed by atoms with van der Waals surface area (Å²) in [6.07, 6.45) is 5.78. The average Bonchev–Trinajstić information content (AvgIpc) is 3.38. The molecular formula is C19H23N5O4S. The van der Waals surface area contributed by atoms with Gasteiger partial charge < -0.3 is 10.2 Å². The fourth-order valence-corrected chi connectivity index (χ4v) is 5.67. The SMILES string of the molecule is Cc1nccn1-c1cc(CNC(=O)[C@H]2CC(=O)N([C@@H]3CCS(=O)(=O)C3)C2)ccn1. The second-order valence-electron chi connectivity index (χ2n) is 7.59. The monoisotopic (exact) mass is 417 g/mol. The number of nitrogens with zero attached hydrogens (tertiary/aromatic N) is 4. The maximum absolute atomic E-state index is 12.6. The van der Waals surface area contributed by atoms with Gasteiger partial charge >= 0.3 is 0 Å². The predicted octanol–water partition coefficient (Wildman–Crippen LogP) is 0.228. The molecule has 0 saturated carbocycles. The molecule has 1 N–H and O–H groups in total. The van der Waals surface area contributed by atoms with Crippen molar-refractivity contribution >= 4 is 21.7 Å². The molecule has 2 fully saturated rings. The topological polar surface area (TPSA) is 114 Å². The summed E-state index contributed by atoms with van der Waals surface area (Å²) in [4.78, 5) is 35.0. The van der Waals surface area contributed by atoms with Crippen molar-refractivity contribution in [3.63, 3.8) is 0 Å². The molecule has 0 aromatic carbocycles. The van der Waals surface area contributed by atoms with E-state index in [2.05, 4.69) is 15.3 Å². The van der Waals surface area contributed by atoms with Crippen molar-refractivity contribution in [3.05, 3.63) is 42.1 Å². The second-order valence-corrected chi connectivity index (χ2v) is 9.82. The van der Waals surface area contributed by atoms with Crippen LogP contribution in [0.2, 0.25) is 0 Å². The molecule has 0 unspecified atom stereocenters. The van der Waals surface area contributed by atoms with E-state index in [1.165, 1.54) is 0 Å². The molecular weight excluding hydrogens is 394 g/mol. The van der Waals surface area contributed by atoms with Crippen molar-refractivity contribution in [3.8, 4) is 5.82 Å². The Labute approximate surface area is 169 Å². The van der Waals surface area contributed by atoms with Gasteiger partial charge in [-0.25, -0.2) is 18.4 Å². The lowest BCUT2D eigenvalue weighted by atomic mass is 10.1. The highest BCUT2D eigenvalue weighted by Crippen LogP contribution is 2.26. The van der Waals surface area contributed by atoms with Gasteiger partial charge in [-0.05, 0) is 31.0 Å². The van der Waals surface area contributed by atoms with Crippen LogP contribution in [0, 0.1) is 12.8 Å². The maximum atomic E-state index is 12.6. The van der Waals surface area contributed by atoms with Gasteiger partial charge in [-0.3, -0.25) is 14.2 Å². The molecule has 29 heavy (non-hydrogen) atoms. The van der Waals surface area contributed by atoms with E-state index < -0.39 is 15.8 Å². The van der Waals surface area contributed by atoms with Gasteiger partial charge in [0, 0.05) is 44.1 Å². The molecule has 2 aromatic heterocycles. The molecule has 2 aliphatic rings. The van der Waals surface area contributed by atoms with Gasteiger partial charge in [-0.15, -0.1) is 0 Å². The molecule has 2 amide bonds. The molecule has 154 valence electrons. The van der Waals surface area contributed by atoms with E-state index in [-0.39, 0.29) is 42.3 Å². The lowest BCUT2D eigenvalue weighted by molar-refractivity contribution is -0.130. The van der Waals surface area contributed by atoms with Crippen LogP contribution in [-0.4, -0.2) is 63.8 Å². The van der Waals surface area contributed by atoms with E-state index in [0.29, 0.717) is 13.0 Å². The zero-order chi connectivity index (χ0) is 20.6. The Morgan fingerprint density at radius 3 is 2.83 bits per heavy atom. The molecule has 0 aliphatic carbocycles. The molecule has 0 spiro atoms. The largest absolute Gasteiger partial charge is 0.352 e. The van der Waals surface area contributed by atoms with Gasteiger partial charge in [0.05, 0.1) is 17.4 Å². The van der Waals surface area contributed by atoms with Gasteiger partial charge in [0.25, 0.3) is 0 Å². The lowest BCUT2D eigenvalue weighted by Crippen LogP contribution is -2.39. The van der Waals surface area contributed by atoms with E-state index in [1.807, 2.05) is 29.8 Å². The molecule has 0 radical (unpaired) electrons.